The predicted octanol–water partition coefficient (Wildman–Crippen LogP) is 6.87. The summed E-state index contributed by atoms with van der Waals surface area (Å²) in [6.07, 6.45) is 5.37. The number of rotatable bonds is 6. The predicted molar refractivity (Wildman–Crippen MR) is 146 cm³/mol. The quantitative estimate of drug-likeness (QED) is 0.260. The van der Waals surface area contributed by atoms with Gasteiger partial charge in [-0.05, 0) is 57.8 Å². The van der Waals surface area contributed by atoms with Crippen molar-refractivity contribution in [2.45, 2.75) is 6.61 Å². The lowest BCUT2D eigenvalue weighted by atomic mass is 10.0. The van der Waals surface area contributed by atoms with E-state index >= 15 is 0 Å². The van der Waals surface area contributed by atoms with E-state index in [0.717, 1.165) is 55.7 Å². The Hall–Kier alpha value is -4.82. The average Bonchev–Trinajstić information content (AvgIpc) is 3.71. The first-order valence-corrected chi connectivity index (χ1v) is 12.7. The Morgan fingerprint density at radius 2 is 1.84 bits per heavy atom. The van der Waals surface area contributed by atoms with Crippen LogP contribution in [0.5, 0.6) is 5.75 Å². The maximum Gasteiger partial charge on any atom is 0.178 e. The van der Waals surface area contributed by atoms with Crippen molar-refractivity contribution in [2.24, 2.45) is 0 Å². The molecule has 0 bridgehead atoms. The van der Waals surface area contributed by atoms with E-state index in [0.29, 0.717) is 18.1 Å². The molecule has 0 aliphatic heterocycles. The number of H-pyrrole nitrogens is 2. The summed E-state index contributed by atoms with van der Waals surface area (Å²) < 4.78 is 5.99. The van der Waals surface area contributed by atoms with Crippen LogP contribution in [0.2, 0.25) is 0 Å². The number of nitrogens with zero attached hydrogens (tertiary/aromatic N) is 4. The maximum absolute atomic E-state index is 5.99. The summed E-state index contributed by atoms with van der Waals surface area (Å²) in [6, 6.07) is 22.4. The fourth-order valence-electron chi connectivity index (χ4n) is 4.45. The van der Waals surface area contributed by atoms with Crippen LogP contribution in [0.25, 0.3) is 55.8 Å². The van der Waals surface area contributed by atoms with Crippen LogP contribution >= 0.6 is 11.3 Å². The number of aromatic nitrogens is 6. The summed E-state index contributed by atoms with van der Waals surface area (Å²) >= 11 is 1.67. The van der Waals surface area contributed by atoms with Crippen molar-refractivity contribution in [3.63, 3.8) is 0 Å². The molecule has 0 unspecified atom stereocenters. The van der Waals surface area contributed by atoms with Gasteiger partial charge in [0.2, 0.25) is 0 Å². The molecular formula is C29H20N6OS. The second-order valence-corrected chi connectivity index (χ2v) is 9.45. The molecule has 0 amide bonds. The zero-order chi connectivity index (χ0) is 24.6. The van der Waals surface area contributed by atoms with E-state index in [1.807, 2.05) is 54.7 Å². The van der Waals surface area contributed by atoms with Gasteiger partial charge in [-0.15, -0.1) is 0 Å². The van der Waals surface area contributed by atoms with Crippen LogP contribution in [0.1, 0.15) is 5.56 Å². The van der Waals surface area contributed by atoms with E-state index in [9.17, 15) is 0 Å². The number of thiophene rings is 1. The molecular weight excluding hydrogens is 480 g/mol. The molecule has 7 aromatic rings. The van der Waals surface area contributed by atoms with Crippen LogP contribution in [-0.2, 0) is 6.61 Å². The molecule has 0 atom stereocenters. The van der Waals surface area contributed by atoms with Gasteiger partial charge in [-0.1, -0.05) is 36.4 Å². The first-order chi connectivity index (χ1) is 18.3. The summed E-state index contributed by atoms with van der Waals surface area (Å²) in [5, 5.41) is 12.9. The summed E-state index contributed by atoms with van der Waals surface area (Å²) in [5.74, 6) is 1.39. The molecule has 7 rings (SSSR count). The molecule has 0 saturated heterocycles. The standard InChI is InChI=1S/C29H20N6OS/c1-2-4-18(5-3-1)16-36-22-12-21(14-30-15-22)19-6-7-25-24(13-19)27(35-34-25)29-32-26-23(20-9-11-37-17-20)8-10-31-28(26)33-29/h1-15,17H,16H2,(H,34,35)(H,31,32,33). The lowest BCUT2D eigenvalue weighted by molar-refractivity contribution is 0.305. The highest BCUT2D eigenvalue weighted by Crippen LogP contribution is 2.33. The summed E-state index contributed by atoms with van der Waals surface area (Å²) in [4.78, 5) is 17.1. The molecule has 0 saturated carbocycles. The molecule has 5 heterocycles. The van der Waals surface area contributed by atoms with Crippen LogP contribution in [0, 0.1) is 0 Å². The van der Waals surface area contributed by atoms with E-state index in [4.69, 9.17) is 9.72 Å². The number of imidazole rings is 1. The van der Waals surface area contributed by atoms with Gasteiger partial charge in [0.25, 0.3) is 0 Å². The highest BCUT2D eigenvalue weighted by Gasteiger charge is 2.16. The monoisotopic (exact) mass is 500 g/mol. The zero-order valence-corrected chi connectivity index (χ0v) is 20.4. The highest BCUT2D eigenvalue weighted by molar-refractivity contribution is 7.08. The Morgan fingerprint density at radius 1 is 0.892 bits per heavy atom. The van der Waals surface area contributed by atoms with Crippen molar-refractivity contribution in [2.75, 3.05) is 0 Å². The largest absolute Gasteiger partial charge is 0.487 e. The third kappa shape index (κ3) is 4.03. The van der Waals surface area contributed by atoms with Crippen molar-refractivity contribution >= 4 is 33.4 Å². The zero-order valence-electron chi connectivity index (χ0n) is 19.6. The normalized spacial score (nSPS) is 11.4. The fourth-order valence-corrected chi connectivity index (χ4v) is 5.11. The summed E-state index contributed by atoms with van der Waals surface area (Å²) in [7, 11) is 0. The number of aromatic amines is 2. The molecule has 2 N–H and O–H groups in total. The maximum atomic E-state index is 5.99. The van der Waals surface area contributed by atoms with Crippen molar-refractivity contribution in [1.29, 1.82) is 0 Å². The topological polar surface area (TPSA) is 92.4 Å². The Bertz CT molecular complexity index is 1840. The van der Waals surface area contributed by atoms with Gasteiger partial charge in [0.05, 0.1) is 17.2 Å². The fraction of sp³-hybridized carbons (Fsp3) is 0.0345. The average molecular weight is 501 g/mol. The van der Waals surface area contributed by atoms with Crippen molar-refractivity contribution < 1.29 is 4.74 Å². The van der Waals surface area contributed by atoms with Gasteiger partial charge in [-0.25, -0.2) is 9.97 Å². The second kappa shape index (κ2) is 9.00. The van der Waals surface area contributed by atoms with Crippen LogP contribution in [0.3, 0.4) is 0 Å². The van der Waals surface area contributed by atoms with Gasteiger partial charge in [0, 0.05) is 28.9 Å². The second-order valence-electron chi connectivity index (χ2n) is 8.67. The van der Waals surface area contributed by atoms with Gasteiger partial charge >= 0.3 is 0 Å². The van der Waals surface area contributed by atoms with Crippen LogP contribution < -0.4 is 4.74 Å². The minimum atomic E-state index is 0.490. The van der Waals surface area contributed by atoms with E-state index in [1.54, 1.807) is 23.7 Å². The van der Waals surface area contributed by atoms with Gasteiger partial charge in [-0.3, -0.25) is 10.1 Å². The number of hydrogen-bond donors (Lipinski definition) is 2. The number of pyridine rings is 2. The molecule has 0 aliphatic rings. The van der Waals surface area contributed by atoms with Gasteiger partial charge in [-0.2, -0.15) is 16.4 Å². The molecule has 2 aromatic carbocycles. The number of nitrogens with one attached hydrogen (secondary N) is 2. The first kappa shape index (κ1) is 21.5. The highest BCUT2D eigenvalue weighted by atomic mass is 32.1. The van der Waals surface area contributed by atoms with E-state index in [2.05, 4.69) is 54.1 Å². The van der Waals surface area contributed by atoms with Gasteiger partial charge in [0.1, 0.15) is 18.1 Å². The summed E-state index contributed by atoms with van der Waals surface area (Å²) in [5.41, 5.74) is 8.54. The van der Waals surface area contributed by atoms with E-state index in [1.165, 1.54) is 0 Å². The van der Waals surface area contributed by atoms with Crippen molar-refractivity contribution in [3.8, 4) is 39.5 Å². The molecule has 0 radical (unpaired) electrons. The number of fused-ring (bicyclic) bond motifs is 2. The third-order valence-corrected chi connectivity index (χ3v) is 6.99. The minimum absolute atomic E-state index is 0.490. The van der Waals surface area contributed by atoms with Crippen LogP contribution in [0.15, 0.2) is 96.1 Å². The number of benzene rings is 2. The van der Waals surface area contributed by atoms with Gasteiger partial charge in [0.15, 0.2) is 11.5 Å². The van der Waals surface area contributed by atoms with Crippen LogP contribution in [0.4, 0.5) is 0 Å². The molecule has 0 spiro atoms. The lowest BCUT2D eigenvalue weighted by Gasteiger charge is -2.08. The number of ether oxygens (including phenoxy) is 1. The minimum Gasteiger partial charge on any atom is -0.487 e. The number of hydrogen-bond acceptors (Lipinski definition) is 6. The van der Waals surface area contributed by atoms with E-state index < -0.39 is 0 Å². The molecule has 8 heteroatoms. The smallest absolute Gasteiger partial charge is 0.178 e. The Kier molecular flexibility index (Phi) is 5.22. The molecule has 0 aliphatic carbocycles. The Labute approximate surface area is 215 Å². The van der Waals surface area contributed by atoms with E-state index in [-0.39, 0.29) is 0 Å². The SMILES string of the molecule is c1ccc(COc2cncc(-c3ccc4[nH]nc(-c5nc6nccc(-c7ccsc7)c6[nH]5)c4c3)c2)cc1. The summed E-state index contributed by atoms with van der Waals surface area (Å²) in [6.45, 7) is 0.490. The molecule has 5 aromatic heterocycles. The molecule has 7 nitrogen and oxygen atoms in total. The molecule has 37 heavy (non-hydrogen) atoms. The third-order valence-electron chi connectivity index (χ3n) is 6.31. The molecule has 178 valence electrons. The molecule has 0 fully saturated rings. The van der Waals surface area contributed by atoms with Gasteiger partial charge < -0.3 is 9.72 Å². The van der Waals surface area contributed by atoms with Crippen molar-refractivity contribution in [3.05, 3.63) is 102 Å². The first-order valence-electron chi connectivity index (χ1n) is 11.8. The lowest BCUT2D eigenvalue weighted by Crippen LogP contribution is -1.95. The van der Waals surface area contributed by atoms with Crippen LogP contribution in [-0.4, -0.2) is 30.1 Å². The Morgan fingerprint density at radius 3 is 2.73 bits per heavy atom. The van der Waals surface area contributed by atoms with Crippen molar-refractivity contribution in [1.82, 2.24) is 30.1 Å². The Balaban J connectivity index is 1.24.